The Hall–Kier alpha value is -0.300. The van der Waals surface area contributed by atoms with E-state index in [1.54, 1.807) is 0 Å². The van der Waals surface area contributed by atoms with Crippen LogP contribution in [0.3, 0.4) is 0 Å². The molecule has 0 N–H and O–H groups in total. The summed E-state index contributed by atoms with van der Waals surface area (Å²) in [6.07, 6.45) is 19.6. The van der Waals surface area contributed by atoms with Crippen LogP contribution in [0.2, 0.25) is 0 Å². The molecule has 1 heteroatoms. The molecule has 2 aliphatic rings. The summed E-state index contributed by atoms with van der Waals surface area (Å²) in [6, 6.07) is 0. The lowest BCUT2D eigenvalue weighted by atomic mass is 9.70. The molecule has 0 saturated heterocycles. The minimum absolute atomic E-state index is 0.518. The SMILES string of the molecule is C=CCOC1CCC(C2CCC(CCCCC)CC2)CC1. The zero-order chi connectivity index (χ0) is 14.9. The molecular formula is C20H36O. The highest BCUT2D eigenvalue weighted by Crippen LogP contribution is 2.41. The van der Waals surface area contributed by atoms with E-state index in [1.807, 2.05) is 6.08 Å². The van der Waals surface area contributed by atoms with Crippen LogP contribution in [-0.4, -0.2) is 12.7 Å². The maximum Gasteiger partial charge on any atom is 0.0648 e. The van der Waals surface area contributed by atoms with Crippen LogP contribution in [0.5, 0.6) is 0 Å². The second-order valence-corrected chi connectivity index (χ2v) is 7.44. The molecular weight excluding hydrogens is 256 g/mol. The average molecular weight is 293 g/mol. The van der Waals surface area contributed by atoms with Crippen molar-refractivity contribution in [2.75, 3.05) is 6.61 Å². The van der Waals surface area contributed by atoms with Crippen molar-refractivity contribution in [2.24, 2.45) is 17.8 Å². The fourth-order valence-electron chi connectivity index (χ4n) is 4.56. The lowest BCUT2D eigenvalue weighted by Gasteiger charge is -2.37. The maximum absolute atomic E-state index is 5.82. The molecule has 2 saturated carbocycles. The fraction of sp³-hybridized carbons (Fsp3) is 0.900. The molecule has 0 spiro atoms. The van der Waals surface area contributed by atoms with Crippen molar-refractivity contribution < 1.29 is 4.74 Å². The fourth-order valence-corrected chi connectivity index (χ4v) is 4.56. The molecule has 2 rings (SSSR count). The molecule has 0 aromatic heterocycles. The summed E-state index contributed by atoms with van der Waals surface area (Å²) >= 11 is 0. The molecule has 1 nitrogen and oxygen atoms in total. The van der Waals surface area contributed by atoms with Gasteiger partial charge in [-0.3, -0.25) is 0 Å². The molecule has 0 unspecified atom stereocenters. The van der Waals surface area contributed by atoms with Crippen molar-refractivity contribution in [2.45, 2.75) is 90.1 Å². The van der Waals surface area contributed by atoms with Crippen molar-refractivity contribution in [3.05, 3.63) is 12.7 Å². The highest BCUT2D eigenvalue weighted by molar-refractivity contribution is 4.82. The first kappa shape index (κ1) is 17.1. The van der Waals surface area contributed by atoms with Gasteiger partial charge in [-0.1, -0.05) is 51.5 Å². The van der Waals surface area contributed by atoms with Crippen LogP contribution in [-0.2, 0) is 4.74 Å². The van der Waals surface area contributed by atoms with Gasteiger partial charge in [-0.15, -0.1) is 6.58 Å². The van der Waals surface area contributed by atoms with E-state index in [9.17, 15) is 0 Å². The Morgan fingerprint density at radius 1 is 0.905 bits per heavy atom. The predicted octanol–water partition coefficient (Wildman–Crippen LogP) is 6.13. The highest BCUT2D eigenvalue weighted by Gasteiger charge is 2.30. The number of hydrogen-bond donors (Lipinski definition) is 0. The summed E-state index contributed by atoms with van der Waals surface area (Å²) in [6.45, 7) is 6.79. The molecule has 21 heavy (non-hydrogen) atoms. The van der Waals surface area contributed by atoms with Gasteiger partial charge in [0.05, 0.1) is 12.7 Å². The van der Waals surface area contributed by atoms with Crippen LogP contribution >= 0.6 is 0 Å². The van der Waals surface area contributed by atoms with Crippen molar-refractivity contribution in [1.29, 1.82) is 0 Å². The zero-order valence-corrected chi connectivity index (χ0v) is 14.2. The van der Waals surface area contributed by atoms with Gasteiger partial charge >= 0.3 is 0 Å². The standard InChI is InChI=1S/C20H36O/c1-3-5-6-7-17-8-10-18(11-9-17)19-12-14-20(15-13-19)21-16-4-2/h4,17-20H,2-3,5-16H2,1H3. The van der Waals surface area contributed by atoms with E-state index in [4.69, 9.17) is 4.74 Å². The molecule has 2 fully saturated rings. The Balaban J connectivity index is 1.61. The lowest BCUT2D eigenvalue weighted by Crippen LogP contribution is -2.28. The van der Waals surface area contributed by atoms with E-state index < -0.39 is 0 Å². The minimum Gasteiger partial charge on any atom is -0.374 e. The van der Waals surface area contributed by atoms with E-state index >= 15 is 0 Å². The first-order valence-corrected chi connectivity index (χ1v) is 9.56. The normalized spacial score (nSPS) is 33.8. The molecule has 0 amide bonds. The van der Waals surface area contributed by atoms with Crippen LogP contribution in [0.1, 0.15) is 84.0 Å². The Bertz CT molecular complexity index is 270. The summed E-state index contributed by atoms with van der Waals surface area (Å²) < 4.78 is 5.82. The van der Waals surface area contributed by atoms with Gasteiger partial charge in [0.15, 0.2) is 0 Å². The van der Waals surface area contributed by atoms with E-state index in [1.165, 1.54) is 77.0 Å². The van der Waals surface area contributed by atoms with Gasteiger partial charge in [-0.05, 0) is 56.3 Å². The number of ether oxygens (including phenoxy) is 1. The van der Waals surface area contributed by atoms with Gasteiger partial charge in [-0.2, -0.15) is 0 Å². The topological polar surface area (TPSA) is 9.23 Å². The van der Waals surface area contributed by atoms with Crippen LogP contribution in [0.25, 0.3) is 0 Å². The summed E-state index contributed by atoms with van der Waals surface area (Å²) in [5.74, 6) is 3.10. The summed E-state index contributed by atoms with van der Waals surface area (Å²) in [4.78, 5) is 0. The van der Waals surface area contributed by atoms with Crippen molar-refractivity contribution in [3.8, 4) is 0 Å². The summed E-state index contributed by atoms with van der Waals surface area (Å²) in [7, 11) is 0. The van der Waals surface area contributed by atoms with E-state index in [0.717, 1.165) is 24.4 Å². The second kappa shape index (κ2) is 9.66. The molecule has 0 radical (unpaired) electrons. The van der Waals surface area contributed by atoms with E-state index in [-0.39, 0.29) is 0 Å². The number of rotatable bonds is 8. The molecule has 2 aliphatic carbocycles. The Labute approximate surface area is 132 Å². The molecule has 0 aromatic rings. The Morgan fingerprint density at radius 2 is 1.52 bits per heavy atom. The van der Waals surface area contributed by atoms with E-state index in [0.29, 0.717) is 6.10 Å². The first-order valence-electron chi connectivity index (χ1n) is 9.56. The van der Waals surface area contributed by atoms with Gasteiger partial charge in [0.2, 0.25) is 0 Å². The van der Waals surface area contributed by atoms with E-state index in [2.05, 4.69) is 13.5 Å². The van der Waals surface area contributed by atoms with Crippen LogP contribution in [0.4, 0.5) is 0 Å². The molecule has 0 atom stereocenters. The smallest absolute Gasteiger partial charge is 0.0648 e. The lowest BCUT2D eigenvalue weighted by molar-refractivity contribution is 0.0210. The summed E-state index contributed by atoms with van der Waals surface area (Å²) in [5.41, 5.74) is 0. The van der Waals surface area contributed by atoms with Crippen molar-refractivity contribution >= 4 is 0 Å². The first-order chi connectivity index (χ1) is 10.3. The molecule has 0 aliphatic heterocycles. The molecule has 0 aromatic carbocycles. The Kier molecular flexibility index (Phi) is 7.85. The number of hydrogen-bond acceptors (Lipinski definition) is 1. The largest absolute Gasteiger partial charge is 0.374 e. The predicted molar refractivity (Wildman–Crippen MR) is 91.5 cm³/mol. The van der Waals surface area contributed by atoms with Crippen molar-refractivity contribution in [3.63, 3.8) is 0 Å². The minimum atomic E-state index is 0.518. The van der Waals surface area contributed by atoms with Crippen molar-refractivity contribution in [1.82, 2.24) is 0 Å². The highest BCUT2D eigenvalue weighted by atomic mass is 16.5. The third-order valence-electron chi connectivity index (χ3n) is 5.94. The Morgan fingerprint density at radius 3 is 2.10 bits per heavy atom. The third-order valence-corrected chi connectivity index (χ3v) is 5.94. The van der Waals surface area contributed by atoms with Crippen LogP contribution < -0.4 is 0 Å². The monoisotopic (exact) mass is 292 g/mol. The van der Waals surface area contributed by atoms with Crippen LogP contribution in [0.15, 0.2) is 12.7 Å². The van der Waals surface area contributed by atoms with Gasteiger partial charge < -0.3 is 4.74 Å². The molecule has 0 bridgehead atoms. The third kappa shape index (κ3) is 5.77. The molecule has 122 valence electrons. The van der Waals surface area contributed by atoms with Gasteiger partial charge in [0.25, 0.3) is 0 Å². The second-order valence-electron chi connectivity index (χ2n) is 7.44. The average Bonchev–Trinajstić information content (AvgIpc) is 2.54. The number of unbranched alkanes of at least 4 members (excludes halogenated alkanes) is 2. The quantitative estimate of drug-likeness (QED) is 0.386. The van der Waals surface area contributed by atoms with Crippen LogP contribution in [0, 0.1) is 17.8 Å². The van der Waals surface area contributed by atoms with Gasteiger partial charge in [-0.25, -0.2) is 0 Å². The van der Waals surface area contributed by atoms with Gasteiger partial charge in [0, 0.05) is 0 Å². The van der Waals surface area contributed by atoms with Gasteiger partial charge in [0.1, 0.15) is 0 Å². The molecule has 0 heterocycles. The summed E-state index contributed by atoms with van der Waals surface area (Å²) in [5, 5.41) is 0. The zero-order valence-electron chi connectivity index (χ0n) is 14.2. The maximum atomic E-state index is 5.82.